The zero-order valence-corrected chi connectivity index (χ0v) is 24.7. The van der Waals surface area contributed by atoms with Crippen LogP contribution in [0.5, 0.6) is 5.75 Å². The number of carbonyl (C=O) groups is 4. The Morgan fingerprint density at radius 3 is 2.56 bits per heavy atom. The van der Waals surface area contributed by atoms with Gasteiger partial charge in [-0.3, -0.25) is 19.2 Å². The van der Waals surface area contributed by atoms with Crippen molar-refractivity contribution in [3.05, 3.63) is 65.5 Å². The molecule has 0 spiro atoms. The van der Waals surface area contributed by atoms with Crippen LogP contribution >= 0.6 is 0 Å². The number of halogens is 1. The molecule has 10 nitrogen and oxygen atoms in total. The van der Waals surface area contributed by atoms with Crippen LogP contribution in [0.1, 0.15) is 61.9 Å². The van der Waals surface area contributed by atoms with Gasteiger partial charge in [-0.1, -0.05) is 38.1 Å². The topological polar surface area (TPSA) is 135 Å². The minimum atomic E-state index is -1.25. The summed E-state index contributed by atoms with van der Waals surface area (Å²) in [7, 11) is 0. The van der Waals surface area contributed by atoms with E-state index in [0.29, 0.717) is 51.2 Å². The van der Waals surface area contributed by atoms with Gasteiger partial charge in [-0.05, 0) is 61.4 Å². The van der Waals surface area contributed by atoms with Gasteiger partial charge >= 0.3 is 0 Å². The number of rotatable bonds is 6. The third kappa shape index (κ3) is 8.76. The monoisotopic (exact) mass is 596 g/mol. The second-order valence-electron chi connectivity index (χ2n) is 11.6. The number of hydrogen-bond donors (Lipinski definition) is 4. The second-order valence-corrected chi connectivity index (χ2v) is 11.6. The third-order valence-corrected chi connectivity index (χ3v) is 7.87. The van der Waals surface area contributed by atoms with Gasteiger partial charge in [0, 0.05) is 31.7 Å². The number of hydrogen-bond acceptors (Lipinski definition) is 6. The van der Waals surface area contributed by atoms with Crippen LogP contribution < -0.4 is 26.0 Å². The first-order valence-corrected chi connectivity index (χ1v) is 14.9. The van der Waals surface area contributed by atoms with E-state index < -0.39 is 41.6 Å². The third-order valence-electron chi connectivity index (χ3n) is 7.87. The van der Waals surface area contributed by atoms with E-state index in [-0.39, 0.29) is 36.4 Å². The quantitative estimate of drug-likeness (QED) is 0.405. The minimum absolute atomic E-state index is 0.119. The highest BCUT2D eigenvalue weighted by Gasteiger charge is 2.36. The van der Waals surface area contributed by atoms with Gasteiger partial charge in [-0.2, -0.15) is 0 Å². The molecule has 1 saturated heterocycles. The Hall–Kier alpha value is -3.99. The van der Waals surface area contributed by atoms with E-state index >= 15 is 0 Å². The van der Waals surface area contributed by atoms with E-state index in [1.807, 2.05) is 19.9 Å². The van der Waals surface area contributed by atoms with Gasteiger partial charge in [-0.25, -0.2) is 4.39 Å². The zero-order chi connectivity index (χ0) is 30.8. The zero-order valence-electron chi connectivity index (χ0n) is 24.7. The molecule has 2 heterocycles. The molecule has 2 aliphatic rings. The summed E-state index contributed by atoms with van der Waals surface area (Å²) in [5.74, 6) is -1.94. The molecule has 232 valence electrons. The van der Waals surface area contributed by atoms with Crippen molar-refractivity contribution in [3.8, 4) is 5.75 Å². The summed E-state index contributed by atoms with van der Waals surface area (Å²) < 4.78 is 25.6. The molecule has 2 aromatic rings. The first-order valence-electron chi connectivity index (χ1n) is 14.9. The maximum atomic E-state index is 14.2. The second kappa shape index (κ2) is 15.0. The van der Waals surface area contributed by atoms with Crippen molar-refractivity contribution in [1.82, 2.24) is 21.3 Å². The lowest BCUT2D eigenvalue weighted by molar-refractivity contribution is -0.131. The molecule has 2 aliphatic heterocycles. The molecule has 0 saturated carbocycles. The van der Waals surface area contributed by atoms with Gasteiger partial charge in [0.05, 0.1) is 18.6 Å². The number of ether oxygens (including phenoxy) is 2. The standard InChI is InChI=1S/C32H41FN4O6/c1-21(2)17-25-30(40)34-13-6-14-43-27-10-4-3-9-24(27)29(39)37-26(19-28(38)36-25)31(41)35-20-32(11-15-42-16-12-32)22-7-5-8-23(33)18-22/h3-5,7-10,18,21,25-26H,6,11-17,19-20H2,1-2H3,(H,34,40)(H,35,41)(H,36,38)(H,37,39)/t25-,26+/m1/s1. The number of carbonyl (C=O) groups excluding carboxylic acids is 4. The number of benzene rings is 2. The summed E-state index contributed by atoms with van der Waals surface area (Å²) >= 11 is 0. The molecule has 43 heavy (non-hydrogen) atoms. The van der Waals surface area contributed by atoms with Gasteiger partial charge < -0.3 is 30.7 Å². The summed E-state index contributed by atoms with van der Waals surface area (Å²) in [5, 5.41) is 11.2. The molecule has 1 fully saturated rings. The van der Waals surface area contributed by atoms with Crippen LogP contribution in [0.15, 0.2) is 48.5 Å². The van der Waals surface area contributed by atoms with Crippen molar-refractivity contribution in [2.75, 3.05) is 32.9 Å². The number of nitrogens with one attached hydrogen (secondary N) is 4. The van der Waals surface area contributed by atoms with E-state index in [0.717, 1.165) is 5.56 Å². The van der Waals surface area contributed by atoms with Gasteiger partial charge in [0.15, 0.2) is 0 Å². The molecule has 4 N–H and O–H groups in total. The van der Waals surface area contributed by atoms with Crippen LogP contribution in [0.4, 0.5) is 4.39 Å². The fraction of sp³-hybridized carbons (Fsp3) is 0.500. The van der Waals surface area contributed by atoms with E-state index in [2.05, 4.69) is 21.3 Å². The molecule has 0 bridgehead atoms. The molecule has 4 rings (SSSR count). The Bertz CT molecular complexity index is 1300. The van der Waals surface area contributed by atoms with Gasteiger partial charge in [0.2, 0.25) is 17.7 Å². The summed E-state index contributed by atoms with van der Waals surface area (Å²) in [6.45, 7) is 5.53. The highest BCUT2D eigenvalue weighted by Crippen LogP contribution is 2.34. The smallest absolute Gasteiger partial charge is 0.255 e. The summed E-state index contributed by atoms with van der Waals surface area (Å²) in [6.07, 6.45) is 1.63. The van der Waals surface area contributed by atoms with Gasteiger partial charge in [0.25, 0.3) is 5.91 Å². The Morgan fingerprint density at radius 1 is 1.05 bits per heavy atom. The Morgan fingerprint density at radius 2 is 1.81 bits per heavy atom. The first-order chi connectivity index (χ1) is 20.7. The van der Waals surface area contributed by atoms with Crippen molar-refractivity contribution in [2.24, 2.45) is 5.92 Å². The summed E-state index contributed by atoms with van der Waals surface area (Å²) in [6, 6.07) is 10.9. The van der Waals surface area contributed by atoms with Crippen LogP contribution in [0.3, 0.4) is 0 Å². The molecule has 2 atom stereocenters. The largest absolute Gasteiger partial charge is 0.493 e. The molecular formula is C32H41FN4O6. The summed E-state index contributed by atoms with van der Waals surface area (Å²) in [5.41, 5.74) is 0.384. The lowest BCUT2D eigenvalue weighted by Crippen LogP contribution is -2.54. The highest BCUT2D eigenvalue weighted by atomic mass is 19.1. The highest BCUT2D eigenvalue weighted by molar-refractivity contribution is 6.01. The van der Waals surface area contributed by atoms with Crippen molar-refractivity contribution in [3.63, 3.8) is 0 Å². The number of para-hydroxylation sites is 1. The summed E-state index contributed by atoms with van der Waals surface area (Å²) in [4.78, 5) is 53.3. The van der Waals surface area contributed by atoms with Crippen molar-refractivity contribution >= 4 is 23.6 Å². The van der Waals surface area contributed by atoms with Crippen LogP contribution in [0.2, 0.25) is 0 Å². The molecule has 0 aliphatic carbocycles. The average molecular weight is 597 g/mol. The van der Waals surface area contributed by atoms with Crippen molar-refractivity contribution < 1.29 is 33.0 Å². The van der Waals surface area contributed by atoms with E-state index in [1.165, 1.54) is 12.1 Å². The SMILES string of the molecule is CC(C)C[C@H]1NC(=O)C[C@@H](C(=O)NCC2(c3cccc(F)c3)CCOCC2)NC(=O)c2ccccc2OCCCNC1=O. The number of fused-ring (bicyclic) bond motifs is 1. The molecule has 0 unspecified atom stereocenters. The lowest BCUT2D eigenvalue weighted by atomic mass is 9.74. The number of amides is 4. The van der Waals surface area contributed by atoms with Gasteiger partial charge in [-0.15, -0.1) is 0 Å². The Labute approximate surface area is 251 Å². The first kappa shape index (κ1) is 31.9. The van der Waals surface area contributed by atoms with E-state index in [1.54, 1.807) is 30.3 Å². The van der Waals surface area contributed by atoms with Crippen LogP contribution in [-0.4, -0.2) is 68.6 Å². The molecule has 0 aromatic heterocycles. The molecular weight excluding hydrogens is 555 g/mol. The predicted octanol–water partition coefficient (Wildman–Crippen LogP) is 2.61. The molecule has 2 aromatic carbocycles. The predicted molar refractivity (Wildman–Crippen MR) is 158 cm³/mol. The lowest BCUT2D eigenvalue weighted by Gasteiger charge is -2.38. The Balaban J connectivity index is 1.59. The minimum Gasteiger partial charge on any atom is -0.493 e. The van der Waals surface area contributed by atoms with Crippen LogP contribution in [0, 0.1) is 11.7 Å². The van der Waals surface area contributed by atoms with Crippen LogP contribution in [-0.2, 0) is 24.5 Å². The molecule has 4 amide bonds. The average Bonchev–Trinajstić information content (AvgIpc) is 2.99. The molecule has 11 heteroatoms. The maximum Gasteiger partial charge on any atom is 0.255 e. The van der Waals surface area contributed by atoms with Crippen molar-refractivity contribution in [2.45, 2.75) is 63.5 Å². The fourth-order valence-electron chi connectivity index (χ4n) is 5.48. The van der Waals surface area contributed by atoms with Crippen molar-refractivity contribution in [1.29, 1.82) is 0 Å². The van der Waals surface area contributed by atoms with Gasteiger partial charge in [0.1, 0.15) is 23.7 Å². The fourth-order valence-corrected chi connectivity index (χ4v) is 5.48. The molecule has 0 radical (unpaired) electrons. The maximum absolute atomic E-state index is 14.2. The van der Waals surface area contributed by atoms with Crippen LogP contribution in [0.25, 0.3) is 0 Å². The van der Waals surface area contributed by atoms with E-state index in [9.17, 15) is 23.6 Å². The van der Waals surface area contributed by atoms with E-state index in [4.69, 9.17) is 9.47 Å². The Kier molecular flexibility index (Phi) is 11.1. The normalized spacial score (nSPS) is 21.6.